The molecular weight excluding hydrogens is 446 g/mol. The smallest absolute Gasteiger partial charge is 0.407 e. The SMILES string of the molecule is C=COC(=O)C[C@H](NC(=O)OCC1c2ccccc2-c2ccccc21)C(=O)OCc1ccccc1. The summed E-state index contributed by atoms with van der Waals surface area (Å²) < 4.78 is 15.5. The molecule has 0 aliphatic heterocycles. The number of carbonyl (C=O) groups is 3. The highest BCUT2D eigenvalue weighted by Crippen LogP contribution is 2.44. The number of ether oxygens (including phenoxy) is 3. The van der Waals surface area contributed by atoms with Crippen molar-refractivity contribution in [3.05, 3.63) is 108 Å². The molecule has 1 aliphatic carbocycles. The third kappa shape index (κ3) is 5.76. The predicted octanol–water partition coefficient (Wildman–Crippen LogP) is 4.71. The van der Waals surface area contributed by atoms with E-state index in [9.17, 15) is 14.4 Å². The summed E-state index contributed by atoms with van der Waals surface area (Å²) in [5.41, 5.74) is 5.11. The highest BCUT2D eigenvalue weighted by molar-refractivity contribution is 5.86. The second-order valence-corrected chi connectivity index (χ2v) is 7.98. The summed E-state index contributed by atoms with van der Waals surface area (Å²) in [5.74, 6) is -1.65. The van der Waals surface area contributed by atoms with Gasteiger partial charge in [0, 0.05) is 5.92 Å². The van der Waals surface area contributed by atoms with Crippen molar-refractivity contribution in [2.45, 2.75) is 25.0 Å². The zero-order chi connectivity index (χ0) is 24.6. The van der Waals surface area contributed by atoms with Crippen LogP contribution in [0, 0.1) is 0 Å². The van der Waals surface area contributed by atoms with Crippen LogP contribution in [0.5, 0.6) is 0 Å². The first-order chi connectivity index (χ1) is 17.1. The van der Waals surface area contributed by atoms with Crippen molar-refractivity contribution in [3.63, 3.8) is 0 Å². The Balaban J connectivity index is 1.40. The Morgan fingerprint density at radius 2 is 1.46 bits per heavy atom. The maximum absolute atomic E-state index is 12.7. The molecule has 7 nitrogen and oxygen atoms in total. The van der Waals surface area contributed by atoms with Crippen LogP contribution in [0.25, 0.3) is 11.1 Å². The second kappa shape index (κ2) is 11.2. The standard InChI is InChI=1S/C28H25NO6/c1-2-33-26(30)16-25(27(31)34-17-19-10-4-3-5-11-19)29-28(32)35-18-24-22-14-8-6-12-20(22)21-13-7-9-15-23(21)24/h2-15,24-25H,1,16-18H2,(H,29,32)/t25-/m0/s1. The fraction of sp³-hybridized carbons (Fsp3) is 0.179. The summed E-state index contributed by atoms with van der Waals surface area (Å²) in [5, 5.41) is 2.44. The van der Waals surface area contributed by atoms with Gasteiger partial charge in [0.25, 0.3) is 0 Å². The quantitative estimate of drug-likeness (QED) is 0.276. The van der Waals surface area contributed by atoms with Crippen LogP contribution in [0.15, 0.2) is 91.7 Å². The fourth-order valence-corrected chi connectivity index (χ4v) is 4.11. The molecule has 0 saturated carbocycles. The number of alkyl carbamates (subject to hydrolysis) is 1. The van der Waals surface area contributed by atoms with Gasteiger partial charge in [-0.25, -0.2) is 9.59 Å². The summed E-state index contributed by atoms with van der Waals surface area (Å²) in [6.45, 7) is 3.40. The zero-order valence-electron chi connectivity index (χ0n) is 19.0. The summed E-state index contributed by atoms with van der Waals surface area (Å²) in [4.78, 5) is 37.3. The van der Waals surface area contributed by atoms with E-state index < -0.39 is 30.5 Å². The van der Waals surface area contributed by atoms with E-state index in [0.717, 1.165) is 34.1 Å². The number of rotatable bonds is 9. The largest absolute Gasteiger partial charge is 0.459 e. The summed E-state index contributed by atoms with van der Waals surface area (Å²) in [6, 6.07) is 23.7. The first-order valence-corrected chi connectivity index (χ1v) is 11.2. The average molecular weight is 472 g/mol. The molecule has 1 aliphatic rings. The van der Waals surface area contributed by atoms with Crippen LogP contribution in [0.1, 0.15) is 29.0 Å². The normalized spacial score (nSPS) is 12.6. The van der Waals surface area contributed by atoms with Gasteiger partial charge < -0.3 is 19.5 Å². The first kappa shape index (κ1) is 23.8. The molecule has 1 amide bonds. The van der Waals surface area contributed by atoms with Crippen molar-refractivity contribution in [2.75, 3.05) is 6.61 Å². The Morgan fingerprint density at radius 3 is 2.09 bits per heavy atom. The van der Waals surface area contributed by atoms with E-state index in [-0.39, 0.29) is 19.1 Å². The lowest BCUT2D eigenvalue weighted by Crippen LogP contribution is -2.43. The number of nitrogens with one attached hydrogen (secondary N) is 1. The summed E-state index contributed by atoms with van der Waals surface area (Å²) >= 11 is 0. The Bertz CT molecular complexity index is 1180. The molecule has 0 heterocycles. The Morgan fingerprint density at radius 1 is 0.857 bits per heavy atom. The zero-order valence-corrected chi connectivity index (χ0v) is 19.0. The van der Waals surface area contributed by atoms with Gasteiger partial charge in [0.05, 0.1) is 12.7 Å². The van der Waals surface area contributed by atoms with Crippen molar-refractivity contribution in [1.82, 2.24) is 5.32 Å². The molecule has 4 rings (SSSR count). The number of amides is 1. The number of fused-ring (bicyclic) bond motifs is 3. The van der Waals surface area contributed by atoms with Crippen LogP contribution in [-0.2, 0) is 30.4 Å². The minimum Gasteiger partial charge on any atom is -0.459 e. The number of carbonyl (C=O) groups excluding carboxylic acids is 3. The van der Waals surface area contributed by atoms with Crippen LogP contribution < -0.4 is 5.32 Å². The second-order valence-electron chi connectivity index (χ2n) is 7.98. The molecule has 0 radical (unpaired) electrons. The molecule has 1 N–H and O–H groups in total. The van der Waals surface area contributed by atoms with Crippen molar-refractivity contribution >= 4 is 18.0 Å². The fourth-order valence-electron chi connectivity index (χ4n) is 4.11. The average Bonchev–Trinajstić information content (AvgIpc) is 3.20. The molecule has 0 aromatic heterocycles. The molecule has 35 heavy (non-hydrogen) atoms. The van der Waals surface area contributed by atoms with E-state index in [1.165, 1.54) is 0 Å². The van der Waals surface area contributed by atoms with E-state index in [4.69, 9.17) is 14.2 Å². The Labute approximate surface area is 203 Å². The molecule has 178 valence electrons. The molecule has 0 saturated heterocycles. The Hall–Kier alpha value is -4.39. The number of benzene rings is 3. The van der Waals surface area contributed by atoms with Gasteiger partial charge in [-0.2, -0.15) is 0 Å². The molecular formula is C28H25NO6. The van der Waals surface area contributed by atoms with Gasteiger partial charge in [0.1, 0.15) is 19.3 Å². The van der Waals surface area contributed by atoms with E-state index in [0.29, 0.717) is 0 Å². The van der Waals surface area contributed by atoms with E-state index in [1.54, 1.807) is 12.1 Å². The lowest BCUT2D eigenvalue weighted by molar-refractivity contribution is -0.151. The highest BCUT2D eigenvalue weighted by Gasteiger charge is 2.31. The van der Waals surface area contributed by atoms with E-state index >= 15 is 0 Å². The van der Waals surface area contributed by atoms with Gasteiger partial charge in [-0.3, -0.25) is 4.79 Å². The van der Waals surface area contributed by atoms with Gasteiger partial charge in [-0.1, -0.05) is 85.4 Å². The molecule has 7 heteroatoms. The van der Waals surface area contributed by atoms with Crippen LogP contribution in [0.2, 0.25) is 0 Å². The number of hydrogen-bond donors (Lipinski definition) is 1. The van der Waals surface area contributed by atoms with Crippen LogP contribution in [0.3, 0.4) is 0 Å². The highest BCUT2D eigenvalue weighted by atomic mass is 16.6. The maximum atomic E-state index is 12.7. The molecule has 3 aromatic carbocycles. The lowest BCUT2D eigenvalue weighted by atomic mass is 9.98. The van der Waals surface area contributed by atoms with Crippen LogP contribution in [-0.4, -0.2) is 30.7 Å². The van der Waals surface area contributed by atoms with Crippen molar-refractivity contribution in [3.8, 4) is 11.1 Å². The van der Waals surface area contributed by atoms with Gasteiger partial charge in [-0.15, -0.1) is 0 Å². The first-order valence-electron chi connectivity index (χ1n) is 11.2. The molecule has 0 fully saturated rings. The predicted molar refractivity (Wildman–Crippen MR) is 129 cm³/mol. The molecule has 0 bridgehead atoms. The summed E-state index contributed by atoms with van der Waals surface area (Å²) in [7, 11) is 0. The number of hydrogen-bond acceptors (Lipinski definition) is 6. The van der Waals surface area contributed by atoms with Gasteiger partial charge in [-0.05, 0) is 27.8 Å². The third-order valence-electron chi connectivity index (χ3n) is 5.73. The van der Waals surface area contributed by atoms with Crippen molar-refractivity contribution in [1.29, 1.82) is 0 Å². The Kier molecular flexibility index (Phi) is 7.57. The van der Waals surface area contributed by atoms with Gasteiger partial charge >= 0.3 is 18.0 Å². The van der Waals surface area contributed by atoms with Gasteiger partial charge in [0.15, 0.2) is 0 Å². The van der Waals surface area contributed by atoms with Crippen LogP contribution in [0.4, 0.5) is 4.79 Å². The minimum atomic E-state index is -1.28. The lowest BCUT2D eigenvalue weighted by Gasteiger charge is -2.18. The molecule has 0 spiro atoms. The minimum absolute atomic E-state index is 0.000943. The maximum Gasteiger partial charge on any atom is 0.407 e. The van der Waals surface area contributed by atoms with Crippen LogP contribution >= 0.6 is 0 Å². The molecule has 0 unspecified atom stereocenters. The van der Waals surface area contributed by atoms with E-state index in [2.05, 4.69) is 11.9 Å². The van der Waals surface area contributed by atoms with Crippen molar-refractivity contribution < 1.29 is 28.6 Å². The topological polar surface area (TPSA) is 90.9 Å². The number of esters is 2. The monoisotopic (exact) mass is 471 g/mol. The van der Waals surface area contributed by atoms with Crippen molar-refractivity contribution in [2.24, 2.45) is 0 Å². The van der Waals surface area contributed by atoms with Gasteiger partial charge in [0.2, 0.25) is 0 Å². The molecule has 1 atom stereocenters. The summed E-state index contributed by atoms with van der Waals surface area (Å²) in [6.07, 6.45) is -0.300. The molecule has 3 aromatic rings. The third-order valence-corrected chi connectivity index (χ3v) is 5.73. The van der Waals surface area contributed by atoms with E-state index in [1.807, 2.05) is 66.7 Å².